The normalized spacial score (nSPS) is 17.4. The van der Waals surface area contributed by atoms with E-state index < -0.39 is 35.6 Å². The number of hydrogen-bond donors (Lipinski definition) is 2. The molecule has 10 heteroatoms. The maximum absolute atomic E-state index is 13.1. The molecule has 0 fully saturated rings. The number of rotatable bonds is 16. The van der Waals surface area contributed by atoms with Crippen LogP contribution in [0.1, 0.15) is 40.5 Å². The number of esters is 2. The second-order valence-corrected chi connectivity index (χ2v) is 11.2. The lowest BCUT2D eigenvalue weighted by molar-refractivity contribution is -0.149. The van der Waals surface area contributed by atoms with Crippen molar-refractivity contribution >= 4 is 35.3 Å². The maximum atomic E-state index is 13.1. The standard InChI is InChI=1S/C34H42N2O8/c1-7-31(39)35-13-15-43-33(41)27(17-21(3)4)25-19-23(9-11-29(25)37)24-10-12-30(38)26(20-24)28(18-22(5)6)34(42)44-16-14-36-32(40)8-2/h7-12,19-22,27-28H,1-2,13-18H2,3-6H3,(H,35,39)(H,36,40)/b24-23+. The van der Waals surface area contributed by atoms with Crippen molar-refractivity contribution in [3.8, 4) is 0 Å². The zero-order valence-corrected chi connectivity index (χ0v) is 25.9. The van der Waals surface area contributed by atoms with Crippen molar-refractivity contribution in [3.63, 3.8) is 0 Å². The highest BCUT2D eigenvalue weighted by molar-refractivity contribution is 6.11. The molecule has 2 aliphatic rings. The second-order valence-electron chi connectivity index (χ2n) is 11.2. The predicted octanol–water partition coefficient (Wildman–Crippen LogP) is 3.43. The lowest BCUT2D eigenvalue weighted by Gasteiger charge is -2.23. The quantitative estimate of drug-likeness (QED) is 0.154. The first kappa shape index (κ1) is 35.6. The van der Waals surface area contributed by atoms with Crippen molar-refractivity contribution in [1.29, 1.82) is 0 Å². The zero-order valence-electron chi connectivity index (χ0n) is 25.9. The van der Waals surface area contributed by atoms with Gasteiger partial charge in [-0.15, -0.1) is 0 Å². The van der Waals surface area contributed by atoms with Gasteiger partial charge in [-0.1, -0.05) is 53.0 Å². The van der Waals surface area contributed by atoms with Gasteiger partial charge in [0.1, 0.15) is 13.2 Å². The van der Waals surface area contributed by atoms with Gasteiger partial charge in [0, 0.05) is 11.1 Å². The van der Waals surface area contributed by atoms with Crippen LogP contribution in [0.4, 0.5) is 0 Å². The molecule has 2 N–H and O–H groups in total. The smallest absolute Gasteiger partial charge is 0.313 e. The van der Waals surface area contributed by atoms with Crippen LogP contribution in [0.3, 0.4) is 0 Å². The molecule has 0 aromatic carbocycles. The summed E-state index contributed by atoms with van der Waals surface area (Å²) in [5.41, 5.74) is 1.68. The summed E-state index contributed by atoms with van der Waals surface area (Å²) in [5.74, 6) is -4.17. The van der Waals surface area contributed by atoms with Gasteiger partial charge in [0.2, 0.25) is 11.8 Å². The average Bonchev–Trinajstić information content (AvgIpc) is 2.99. The molecule has 0 radical (unpaired) electrons. The molecule has 0 bridgehead atoms. The molecule has 0 aromatic rings. The molecule has 0 saturated carbocycles. The van der Waals surface area contributed by atoms with E-state index in [1.54, 1.807) is 24.3 Å². The second kappa shape index (κ2) is 17.5. The van der Waals surface area contributed by atoms with Crippen molar-refractivity contribution in [2.24, 2.45) is 23.7 Å². The molecule has 0 heterocycles. The molecule has 44 heavy (non-hydrogen) atoms. The van der Waals surface area contributed by atoms with Gasteiger partial charge < -0.3 is 20.1 Å². The number of ether oxygens (including phenoxy) is 2. The molecule has 2 atom stereocenters. The summed E-state index contributed by atoms with van der Waals surface area (Å²) < 4.78 is 10.8. The summed E-state index contributed by atoms with van der Waals surface area (Å²) in [6.07, 6.45) is 12.2. The third-order valence-electron chi connectivity index (χ3n) is 6.75. The average molecular weight is 607 g/mol. The van der Waals surface area contributed by atoms with Gasteiger partial charge in [0.25, 0.3) is 0 Å². The lowest BCUT2D eigenvalue weighted by Crippen LogP contribution is -2.30. The monoisotopic (exact) mass is 606 g/mol. The van der Waals surface area contributed by atoms with Crippen LogP contribution in [-0.4, -0.2) is 61.6 Å². The summed E-state index contributed by atoms with van der Waals surface area (Å²) in [6, 6.07) is 0. The van der Waals surface area contributed by atoms with Gasteiger partial charge in [-0.3, -0.25) is 28.8 Å². The van der Waals surface area contributed by atoms with Crippen molar-refractivity contribution in [2.45, 2.75) is 40.5 Å². The van der Waals surface area contributed by atoms with E-state index >= 15 is 0 Å². The van der Waals surface area contributed by atoms with Crippen LogP contribution in [0.2, 0.25) is 0 Å². The van der Waals surface area contributed by atoms with Gasteiger partial charge in [-0.05, 0) is 72.3 Å². The summed E-state index contributed by atoms with van der Waals surface area (Å²) in [4.78, 5) is 74.9. The van der Waals surface area contributed by atoms with Crippen molar-refractivity contribution in [2.75, 3.05) is 26.3 Å². The first-order valence-electron chi connectivity index (χ1n) is 14.6. The molecular formula is C34H42N2O8. The largest absolute Gasteiger partial charge is 0.463 e. The maximum Gasteiger partial charge on any atom is 0.313 e. The lowest BCUT2D eigenvalue weighted by atomic mass is 9.81. The summed E-state index contributed by atoms with van der Waals surface area (Å²) >= 11 is 0. The Bertz CT molecular complexity index is 1230. The number of allylic oxidation sites excluding steroid dienone is 8. The molecule has 0 aliphatic heterocycles. The minimum atomic E-state index is -0.846. The Labute approximate surface area is 258 Å². The minimum Gasteiger partial charge on any atom is -0.463 e. The molecule has 236 valence electrons. The molecule has 2 rings (SSSR count). The number of hydrogen-bond acceptors (Lipinski definition) is 8. The van der Waals surface area contributed by atoms with Crippen LogP contribution in [0.15, 0.2) is 84.1 Å². The first-order chi connectivity index (χ1) is 20.9. The van der Waals surface area contributed by atoms with E-state index in [0.717, 1.165) is 12.2 Å². The Kier molecular flexibility index (Phi) is 14.2. The van der Waals surface area contributed by atoms with Crippen LogP contribution >= 0.6 is 0 Å². The van der Waals surface area contributed by atoms with E-state index in [1.807, 2.05) is 27.7 Å². The summed E-state index contributed by atoms with van der Waals surface area (Å²) in [6.45, 7) is 14.5. The van der Waals surface area contributed by atoms with Gasteiger partial charge in [0.05, 0.1) is 24.9 Å². The Morgan fingerprint density at radius 2 is 1.05 bits per heavy atom. The molecule has 10 nitrogen and oxygen atoms in total. The Balaban J connectivity index is 2.38. The Hall–Kier alpha value is -4.60. The van der Waals surface area contributed by atoms with E-state index in [-0.39, 0.29) is 60.9 Å². The highest BCUT2D eigenvalue weighted by Gasteiger charge is 2.33. The fraction of sp³-hybridized carbons (Fsp3) is 0.412. The molecule has 0 spiro atoms. The van der Waals surface area contributed by atoms with Crippen LogP contribution in [0.25, 0.3) is 0 Å². The molecule has 0 aromatic heterocycles. The van der Waals surface area contributed by atoms with Gasteiger partial charge in [0.15, 0.2) is 11.6 Å². The highest BCUT2D eigenvalue weighted by Crippen LogP contribution is 2.32. The van der Waals surface area contributed by atoms with Gasteiger partial charge in [-0.2, -0.15) is 0 Å². The molecule has 2 amide bonds. The van der Waals surface area contributed by atoms with Crippen LogP contribution in [-0.2, 0) is 38.2 Å². The van der Waals surface area contributed by atoms with E-state index in [9.17, 15) is 28.8 Å². The van der Waals surface area contributed by atoms with Gasteiger partial charge >= 0.3 is 11.9 Å². The fourth-order valence-electron chi connectivity index (χ4n) is 4.64. The third kappa shape index (κ3) is 10.9. The Morgan fingerprint density at radius 3 is 1.36 bits per heavy atom. The topological polar surface area (TPSA) is 145 Å². The summed E-state index contributed by atoms with van der Waals surface area (Å²) in [5, 5.41) is 5.07. The van der Waals surface area contributed by atoms with E-state index in [0.29, 0.717) is 24.0 Å². The zero-order chi connectivity index (χ0) is 32.8. The SMILES string of the molecule is C=CC(=O)NCCOC(=O)C(CC(C)C)C1=C/C(=C2\C=CC(=O)C(C(CC(C)C)C(=O)OCCNC(=O)C=C)=C2)C=CC1=O. The van der Waals surface area contributed by atoms with Crippen LogP contribution in [0, 0.1) is 23.7 Å². The first-order valence-corrected chi connectivity index (χ1v) is 14.6. The van der Waals surface area contributed by atoms with Crippen molar-refractivity contribution in [3.05, 3.63) is 84.1 Å². The van der Waals surface area contributed by atoms with Crippen LogP contribution < -0.4 is 10.6 Å². The molecule has 2 aliphatic carbocycles. The number of ketones is 2. The third-order valence-corrected chi connectivity index (χ3v) is 6.75. The molecular weight excluding hydrogens is 564 g/mol. The number of carbonyl (C=O) groups excluding carboxylic acids is 6. The van der Waals surface area contributed by atoms with Crippen LogP contribution in [0.5, 0.6) is 0 Å². The number of amides is 2. The predicted molar refractivity (Wildman–Crippen MR) is 166 cm³/mol. The van der Waals surface area contributed by atoms with E-state index in [2.05, 4.69) is 23.8 Å². The van der Waals surface area contributed by atoms with Crippen molar-refractivity contribution < 1.29 is 38.2 Å². The number of carbonyl (C=O) groups is 6. The van der Waals surface area contributed by atoms with Gasteiger partial charge in [-0.25, -0.2) is 0 Å². The van der Waals surface area contributed by atoms with E-state index in [4.69, 9.17) is 9.47 Å². The number of nitrogens with one attached hydrogen (secondary N) is 2. The molecule has 0 saturated heterocycles. The summed E-state index contributed by atoms with van der Waals surface area (Å²) in [7, 11) is 0. The van der Waals surface area contributed by atoms with Crippen molar-refractivity contribution in [1.82, 2.24) is 10.6 Å². The minimum absolute atomic E-state index is 0.0651. The highest BCUT2D eigenvalue weighted by atomic mass is 16.5. The molecule has 2 unspecified atom stereocenters. The van der Waals surface area contributed by atoms with E-state index in [1.165, 1.54) is 12.2 Å². The fourth-order valence-corrected chi connectivity index (χ4v) is 4.64. The Morgan fingerprint density at radius 1 is 0.682 bits per heavy atom.